The molecule has 4 nitrogen and oxygen atoms in total. The molecule has 3 aliphatic rings. The van der Waals surface area contributed by atoms with Gasteiger partial charge in [-0.15, -0.1) is 0 Å². The minimum absolute atomic E-state index is 0.0974. The lowest BCUT2D eigenvalue weighted by Gasteiger charge is -2.35. The lowest BCUT2D eigenvalue weighted by atomic mass is 9.87. The number of hydrogen-bond donors (Lipinski definition) is 2. The Morgan fingerprint density at radius 2 is 1.12 bits per heavy atom. The fraction of sp³-hybridized carbons (Fsp3) is 0.700. The van der Waals surface area contributed by atoms with Crippen molar-refractivity contribution in [2.24, 2.45) is 11.8 Å². The molecule has 3 aliphatic carbocycles. The van der Waals surface area contributed by atoms with E-state index in [2.05, 4.69) is 34.9 Å². The quantitative estimate of drug-likeness (QED) is 0.778. The topological polar surface area (TPSA) is 58.2 Å². The van der Waals surface area contributed by atoms with Crippen LogP contribution in [0.3, 0.4) is 0 Å². The van der Waals surface area contributed by atoms with Crippen molar-refractivity contribution in [1.82, 2.24) is 10.6 Å². The molecule has 0 aromatic heterocycles. The minimum Gasteiger partial charge on any atom is -0.351 e. The van der Waals surface area contributed by atoms with Crippen molar-refractivity contribution in [3.8, 4) is 0 Å². The summed E-state index contributed by atoms with van der Waals surface area (Å²) < 4.78 is 0. The molecule has 0 aromatic carbocycles. The third kappa shape index (κ3) is 4.49. The van der Waals surface area contributed by atoms with Crippen LogP contribution in [0.15, 0.2) is 24.3 Å². The van der Waals surface area contributed by atoms with Crippen LogP contribution in [-0.2, 0) is 9.59 Å². The smallest absolute Gasteiger partial charge is 0.223 e. The first-order valence-corrected chi connectivity index (χ1v) is 9.65. The van der Waals surface area contributed by atoms with Crippen molar-refractivity contribution in [2.75, 3.05) is 0 Å². The van der Waals surface area contributed by atoms with Crippen LogP contribution in [0.1, 0.15) is 64.2 Å². The van der Waals surface area contributed by atoms with Crippen LogP contribution in [0.2, 0.25) is 0 Å². The van der Waals surface area contributed by atoms with Gasteiger partial charge in [0.05, 0.1) is 0 Å². The molecule has 0 aliphatic heterocycles. The Hall–Kier alpha value is -1.58. The summed E-state index contributed by atoms with van der Waals surface area (Å²) in [5.74, 6) is 0.561. The number of nitrogens with one attached hydrogen (secondary N) is 2. The van der Waals surface area contributed by atoms with Crippen LogP contribution >= 0.6 is 0 Å². The highest BCUT2D eigenvalue weighted by molar-refractivity contribution is 5.81. The minimum atomic E-state index is 0.0974. The molecular weight excluding hydrogens is 300 g/mol. The zero-order valence-corrected chi connectivity index (χ0v) is 14.5. The summed E-state index contributed by atoms with van der Waals surface area (Å²) in [6, 6.07) is 0.195. The first kappa shape index (κ1) is 17.2. The largest absolute Gasteiger partial charge is 0.351 e. The number of allylic oxidation sites excluding steroid dienone is 4. The lowest BCUT2D eigenvalue weighted by molar-refractivity contribution is -0.129. The van der Waals surface area contributed by atoms with E-state index in [1.54, 1.807) is 0 Å². The SMILES string of the molecule is O=C(NC1CCCCC1NC(=O)C1CC=CCC1)C1CC=CCC1. The van der Waals surface area contributed by atoms with Gasteiger partial charge in [-0.2, -0.15) is 0 Å². The Morgan fingerprint density at radius 1 is 0.667 bits per heavy atom. The Kier molecular flexibility index (Phi) is 6.11. The van der Waals surface area contributed by atoms with Gasteiger partial charge in [0.15, 0.2) is 0 Å². The number of carbonyl (C=O) groups is 2. The van der Waals surface area contributed by atoms with Gasteiger partial charge in [-0.3, -0.25) is 9.59 Å². The van der Waals surface area contributed by atoms with Crippen LogP contribution in [0.5, 0.6) is 0 Å². The maximum atomic E-state index is 12.5. The molecule has 0 radical (unpaired) electrons. The van der Waals surface area contributed by atoms with Crippen LogP contribution in [0.25, 0.3) is 0 Å². The zero-order chi connectivity index (χ0) is 16.8. The lowest BCUT2D eigenvalue weighted by Crippen LogP contribution is -2.55. The number of hydrogen-bond acceptors (Lipinski definition) is 2. The summed E-state index contributed by atoms with van der Waals surface area (Å²) in [6.07, 6.45) is 18.4. The average Bonchev–Trinajstić information content (AvgIpc) is 2.64. The summed E-state index contributed by atoms with van der Waals surface area (Å²) >= 11 is 0. The molecule has 4 heteroatoms. The van der Waals surface area contributed by atoms with E-state index in [-0.39, 0.29) is 35.7 Å². The molecule has 4 atom stereocenters. The summed E-state index contributed by atoms with van der Waals surface area (Å²) in [5, 5.41) is 6.49. The Labute approximate surface area is 145 Å². The molecule has 24 heavy (non-hydrogen) atoms. The summed E-state index contributed by atoms with van der Waals surface area (Å²) in [5.41, 5.74) is 0. The molecule has 0 spiro atoms. The van der Waals surface area contributed by atoms with Gasteiger partial charge >= 0.3 is 0 Å². The van der Waals surface area contributed by atoms with E-state index < -0.39 is 0 Å². The van der Waals surface area contributed by atoms with E-state index in [1.165, 1.54) is 0 Å². The van der Waals surface area contributed by atoms with Crippen molar-refractivity contribution in [3.05, 3.63) is 24.3 Å². The molecule has 0 aromatic rings. The second kappa shape index (κ2) is 8.50. The molecular formula is C20H30N2O2. The van der Waals surface area contributed by atoms with E-state index in [4.69, 9.17) is 0 Å². The van der Waals surface area contributed by atoms with Crippen LogP contribution in [0.4, 0.5) is 0 Å². The van der Waals surface area contributed by atoms with Crippen molar-refractivity contribution in [2.45, 2.75) is 76.3 Å². The van der Waals surface area contributed by atoms with Crippen molar-refractivity contribution >= 4 is 11.8 Å². The molecule has 4 unspecified atom stereocenters. The highest BCUT2D eigenvalue weighted by atomic mass is 16.2. The summed E-state index contributed by atoms with van der Waals surface area (Å²) in [6.45, 7) is 0. The van der Waals surface area contributed by atoms with Crippen molar-refractivity contribution in [1.29, 1.82) is 0 Å². The number of rotatable bonds is 4. The summed E-state index contributed by atoms with van der Waals surface area (Å²) in [7, 11) is 0. The van der Waals surface area contributed by atoms with E-state index >= 15 is 0 Å². The van der Waals surface area contributed by atoms with Gasteiger partial charge < -0.3 is 10.6 Å². The Balaban J connectivity index is 1.54. The van der Waals surface area contributed by atoms with E-state index in [1.807, 2.05) is 0 Å². The molecule has 0 bridgehead atoms. The first-order chi connectivity index (χ1) is 11.7. The second-order valence-electron chi connectivity index (χ2n) is 7.48. The predicted molar refractivity (Wildman–Crippen MR) is 95.3 cm³/mol. The standard InChI is InChI=1S/C20H30N2O2/c23-19(15-9-3-1-4-10-15)21-17-13-7-8-14-18(17)22-20(24)16-11-5-2-6-12-16/h1-3,5,15-18H,4,6-14H2,(H,21,23)(H,22,24). The maximum absolute atomic E-state index is 12.5. The highest BCUT2D eigenvalue weighted by Crippen LogP contribution is 2.24. The molecule has 1 fully saturated rings. The Bertz CT molecular complexity index is 466. The molecule has 0 heterocycles. The molecule has 2 N–H and O–H groups in total. The van der Waals surface area contributed by atoms with E-state index in [9.17, 15) is 9.59 Å². The van der Waals surface area contributed by atoms with Gasteiger partial charge in [-0.25, -0.2) is 0 Å². The third-order valence-corrected chi connectivity index (χ3v) is 5.70. The first-order valence-electron chi connectivity index (χ1n) is 9.65. The van der Waals surface area contributed by atoms with Gasteiger partial charge in [0.2, 0.25) is 11.8 Å². The fourth-order valence-corrected chi connectivity index (χ4v) is 4.14. The zero-order valence-electron chi connectivity index (χ0n) is 14.5. The van der Waals surface area contributed by atoms with Crippen LogP contribution in [-0.4, -0.2) is 23.9 Å². The van der Waals surface area contributed by atoms with Crippen LogP contribution < -0.4 is 10.6 Å². The number of amides is 2. The molecule has 0 saturated heterocycles. The monoisotopic (exact) mass is 330 g/mol. The Morgan fingerprint density at radius 3 is 1.50 bits per heavy atom. The van der Waals surface area contributed by atoms with Gasteiger partial charge in [-0.1, -0.05) is 37.1 Å². The highest BCUT2D eigenvalue weighted by Gasteiger charge is 2.31. The van der Waals surface area contributed by atoms with Crippen molar-refractivity contribution in [3.63, 3.8) is 0 Å². The molecule has 1 saturated carbocycles. The molecule has 3 rings (SSSR count). The van der Waals surface area contributed by atoms with Gasteiger partial charge in [-0.05, 0) is 51.4 Å². The normalized spacial score (nSPS) is 33.0. The summed E-state index contributed by atoms with van der Waals surface area (Å²) in [4.78, 5) is 25.1. The average molecular weight is 330 g/mol. The van der Waals surface area contributed by atoms with Gasteiger partial charge in [0, 0.05) is 23.9 Å². The van der Waals surface area contributed by atoms with E-state index in [0.717, 1.165) is 64.2 Å². The van der Waals surface area contributed by atoms with Crippen molar-refractivity contribution < 1.29 is 9.59 Å². The second-order valence-corrected chi connectivity index (χ2v) is 7.48. The maximum Gasteiger partial charge on any atom is 0.223 e. The fourth-order valence-electron chi connectivity index (χ4n) is 4.14. The molecule has 132 valence electrons. The molecule has 2 amide bonds. The predicted octanol–water partition coefficient (Wildman–Crippen LogP) is 3.24. The van der Waals surface area contributed by atoms with Gasteiger partial charge in [0.1, 0.15) is 0 Å². The van der Waals surface area contributed by atoms with Gasteiger partial charge in [0.25, 0.3) is 0 Å². The third-order valence-electron chi connectivity index (χ3n) is 5.70. The number of carbonyl (C=O) groups excluding carboxylic acids is 2. The van der Waals surface area contributed by atoms with E-state index in [0.29, 0.717) is 0 Å². The van der Waals surface area contributed by atoms with Crippen LogP contribution in [0, 0.1) is 11.8 Å².